The molecule has 8 heteroatoms. The lowest BCUT2D eigenvalue weighted by Gasteiger charge is -2.34. The number of ether oxygens (including phenoxy) is 2. The van der Waals surface area contributed by atoms with Crippen molar-refractivity contribution in [1.82, 2.24) is 19.8 Å². The Balaban J connectivity index is 1.47. The van der Waals surface area contributed by atoms with Crippen molar-refractivity contribution in [2.45, 2.75) is 51.2 Å². The van der Waals surface area contributed by atoms with Crippen LogP contribution in [0.5, 0.6) is 11.5 Å². The van der Waals surface area contributed by atoms with Gasteiger partial charge >= 0.3 is 0 Å². The smallest absolute Gasteiger partial charge is 0.263 e. The number of hydrogen-bond acceptors (Lipinski definition) is 6. The molecule has 0 aliphatic carbocycles. The summed E-state index contributed by atoms with van der Waals surface area (Å²) in [5.41, 5.74) is 1.62. The van der Waals surface area contributed by atoms with Gasteiger partial charge in [-0.3, -0.25) is 9.59 Å². The molecular formula is C24H32N4O4. The topological polar surface area (TPSA) is 87.8 Å². The number of aromatic amines is 1. The van der Waals surface area contributed by atoms with Crippen molar-refractivity contribution in [1.29, 1.82) is 0 Å². The van der Waals surface area contributed by atoms with Crippen molar-refractivity contribution in [2.24, 2.45) is 0 Å². The van der Waals surface area contributed by atoms with Crippen LogP contribution in [0.1, 0.15) is 49.2 Å². The predicted octanol–water partition coefficient (Wildman–Crippen LogP) is 2.33. The number of rotatable bonds is 6. The van der Waals surface area contributed by atoms with Gasteiger partial charge in [0, 0.05) is 44.6 Å². The first-order chi connectivity index (χ1) is 15.5. The van der Waals surface area contributed by atoms with Gasteiger partial charge in [0.25, 0.3) is 11.5 Å². The van der Waals surface area contributed by atoms with Crippen molar-refractivity contribution < 1.29 is 14.3 Å². The van der Waals surface area contributed by atoms with Crippen molar-refractivity contribution in [2.75, 3.05) is 33.8 Å². The van der Waals surface area contributed by atoms with Crippen LogP contribution in [0, 0.1) is 0 Å². The van der Waals surface area contributed by atoms with Gasteiger partial charge in [-0.15, -0.1) is 0 Å². The summed E-state index contributed by atoms with van der Waals surface area (Å²) in [6.45, 7) is 4.71. The molecule has 0 bridgehead atoms. The van der Waals surface area contributed by atoms with Crippen LogP contribution in [0.2, 0.25) is 0 Å². The molecule has 1 aromatic heterocycles. The van der Waals surface area contributed by atoms with Gasteiger partial charge in [0.1, 0.15) is 17.3 Å². The summed E-state index contributed by atoms with van der Waals surface area (Å²) in [5, 5.41) is 0. The highest BCUT2D eigenvalue weighted by atomic mass is 16.5. The zero-order valence-corrected chi connectivity index (χ0v) is 19.1. The standard InChI is InChI=1S/C24H32N4O4/c1-4-21(32-18-9-5-8-17(13-18)31-3)24(30)28-11-6-7-16(14-28)22-25-20-10-12-27(2)15-19(20)23(29)26-22/h5,8-9,13,16,21H,4,6-7,10-12,14-15H2,1-3H3,(H,25,26,29)/t16-,21-/m1/s1. The van der Waals surface area contributed by atoms with E-state index >= 15 is 0 Å². The van der Waals surface area contributed by atoms with E-state index in [1.165, 1.54) is 0 Å². The average Bonchev–Trinajstić information content (AvgIpc) is 2.82. The second kappa shape index (κ2) is 9.73. The SMILES string of the molecule is CC[C@@H](Oc1cccc(OC)c1)C(=O)N1CCC[C@@H](c2nc3c(c(=O)[nH]2)CN(C)CC3)C1. The number of likely N-dealkylation sites (N-methyl/N-ethyl adjacent to an activating group) is 1. The molecule has 2 aliphatic rings. The van der Waals surface area contributed by atoms with Gasteiger partial charge in [-0.25, -0.2) is 4.98 Å². The minimum absolute atomic E-state index is 0.0260. The Hall–Kier alpha value is -2.87. The molecule has 1 fully saturated rings. The van der Waals surface area contributed by atoms with Gasteiger partial charge in [-0.2, -0.15) is 0 Å². The molecule has 4 rings (SSSR count). The quantitative estimate of drug-likeness (QED) is 0.742. The van der Waals surface area contributed by atoms with E-state index in [4.69, 9.17) is 14.5 Å². The Kier molecular flexibility index (Phi) is 6.79. The Labute approximate surface area is 188 Å². The summed E-state index contributed by atoms with van der Waals surface area (Å²) in [7, 11) is 3.62. The molecule has 3 heterocycles. The van der Waals surface area contributed by atoms with E-state index < -0.39 is 6.10 Å². The van der Waals surface area contributed by atoms with Crippen molar-refractivity contribution in [3.8, 4) is 11.5 Å². The summed E-state index contributed by atoms with van der Waals surface area (Å²) in [5.74, 6) is 2.01. The van der Waals surface area contributed by atoms with Crippen molar-refractivity contribution in [3.05, 3.63) is 51.7 Å². The van der Waals surface area contributed by atoms with Gasteiger partial charge in [-0.1, -0.05) is 13.0 Å². The van der Waals surface area contributed by atoms with Crippen molar-refractivity contribution in [3.63, 3.8) is 0 Å². The van der Waals surface area contributed by atoms with Crippen LogP contribution in [-0.2, 0) is 17.8 Å². The van der Waals surface area contributed by atoms with Crippen LogP contribution < -0.4 is 15.0 Å². The van der Waals surface area contributed by atoms with E-state index in [9.17, 15) is 9.59 Å². The second-order valence-electron chi connectivity index (χ2n) is 8.68. The van der Waals surface area contributed by atoms with Crippen LogP contribution in [0.25, 0.3) is 0 Å². The molecule has 1 N–H and O–H groups in total. The van der Waals surface area contributed by atoms with Crippen LogP contribution in [0.15, 0.2) is 29.1 Å². The van der Waals surface area contributed by atoms with Gasteiger partial charge in [0.2, 0.25) is 0 Å². The number of H-pyrrole nitrogens is 1. The third-order valence-electron chi connectivity index (χ3n) is 6.36. The van der Waals surface area contributed by atoms with Gasteiger partial charge in [0.05, 0.1) is 18.4 Å². The molecule has 1 saturated heterocycles. The summed E-state index contributed by atoms with van der Waals surface area (Å²) < 4.78 is 11.3. The molecule has 2 atom stereocenters. The molecule has 1 aromatic carbocycles. The number of piperidine rings is 1. The second-order valence-corrected chi connectivity index (χ2v) is 8.68. The van der Waals surface area contributed by atoms with Gasteiger partial charge in [-0.05, 0) is 38.4 Å². The number of likely N-dealkylation sites (tertiary alicyclic amines) is 1. The Morgan fingerprint density at radius 2 is 2.12 bits per heavy atom. The third-order valence-corrected chi connectivity index (χ3v) is 6.36. The van der Waals surface area contributed by atoms with Crippen LogP contribution in [-0.4, -0.2) is 65.6 Å². The number of aromatic nitrogens is 2. The maximum atomic E-state index is 13.3. The largest absolute Gasteiger partial charge is 0.497 e. The summed E-state index contributed by atoms with van der Waals surface area (Å²) in [6.07, 6.45) is 2.56. The lowest BCUT2D eigenvalue weighted by Crippen LogP contribution is -2.46. The number of fused-ring (bicyclic) bond motifs is 1. The Bertz CT molecular complexity index is 1020. The van der Waals surface area contributed by atoms with E-state index in [0.29, 0.717) is 43.4 Å². The molecule has 32 heavy (non-hydrogen) atoms. The highest BCUT2D eigenvalue weighted by Crippen LogP contribution is 2.27. The van der Waals surface area contributed by atoms with E-state index in [1.54, 1.807) is 13.2 Å². The number of carbonyl (C=O) groups excluding carboxylic acids is 1. The fourth-order valence-corrected chi connectivity index (χ4v) is 4.52. The van der Waals surface area contributed by atoms with Gasteiger partial charge < -0.3 is 24.3 Å². The third kappa shape index (κ3) is 4.80. The maximum Gasteiger partial charge on any atom is 0.263 e. The molecule has 2 aromatic rings. The van der Waals surface area contributed by atoms with E-state index in [-0.39, 0.29) is 17.4 Å². The van der Waals surface area contributed by atoms with E-state index in [0.717, 1.165) is 37.1 Å². The molecule has 1 amide bonds. The molecular weight excluding hydrogens is 408 g/mol. The Morgan fingerprint density at radius 1 is 1.31 bits per heavy atom. The zero-order valence-electron chi connectivity index (χ0n) is 19.1. The highest BCUT2D eigenvalue weighted by Gasteiger charge is 2.32. The molecule has 0 saturated carbocycles. The predicted molar refractivity (Wildman–Crippen MR) is 121 cm³/mol. The first-order valence-corrected chi connectivity index (χ1v) is 11.4. The normalized spacial score (nSPS) is 19.8. The van der Waals surface area contributed by atoms with Crippen LogP contribution >= 0.6 is 0 Å². The van der Waals surface area contributed by atoms with Gasteiger partial charge in [0.15, 0.2) is 6.10 Å². The number of carbonyl (C=O) groups is 1. The highest BCUT2D eigenvalue weighted by molar-refractivity contribution is 5.81. The maximum absolute atomic E-state index is 13.3. The lowest BCUT2D eigenvalue weighted by molar-refractivity contribution is -0.140. The molecule has 0 spiro atoms. The summed E-state index contributed by atoms with van der Waals surface area (Å²) >= 11 is 0. The Morgan fingerprint density at radius 3 is 2.91 bits per heavy atom. The minimum Gasteiger partial charge on any atom is -0.497 e. The first kappa shape index (κ1) is 22.3. The van der Waals surface area contributed by atoms with Crippen LogP contribution in [0.4, 0.5) is 0 Å². The van der Waals surface area contributed by atoms with E-state index in [1.807, 2.05) is 37.1 Å². The molecule has 172 valence electrons. The minimum atomic E-state index is -0.563. The monoisotopic (exact) mass is 440 g/mol. The number of hydrogen-bond donors (Lipinski definition) is 1. The average molecular weight is 441 g/mol. The number of benzene rings is 1. The molecule has 2 aliphatic heterocycles. The van der Waals surface area contributed by atoms with Crippen molar-refractivity contribution >= 4 is 5.91 Å². The van der Waals surface area contributed by atoms with E-state index in [2.05, 4.69) is 9.88 Å². The fourth-order valence-electron chi connectivity index (χ4n) is 4.52. The molecule has 0 unspecified atom stereocenters. The van der Waals surface area contributed by atoms with Crippen LogP contribution in [0.3, 0.4) is 0 Å². The number of nitrogens with zero attached hydrogens (tertiary/aromatic N) is 3. The first-order valence-electron chi connectivity index (χ1n) is 11.4. The lowest BCUT2D eigenvalue weighted by atomic mass is 9.95. The zero-order chi connectivity index (χ0) is 22.7. The fraction of sp³-hybridized carbons (Fsp3) is 0.542. The summed E-state index contributed by atoms with van der Waals surface area (Å²) in [4.78, 5) is 37.7. The number of nitrogens with one attached hydrogen (secondary N) is 1. The molecule has 8 nitrogen and oxygen atoms in total. The molecule has 0 radical (unpaired) electrons. The number of amides is 1. The number of methoxy groups -OCH3 is 1. The summed E-state index contributed by atoms with van der Waals surface area (Å²) in [6, 6.07) is 7.30.